The van der Waals surface area contributed by atoms with Gasteiger partial charge in [-0.1, -0.05) is 36.0 Å². The topological polar surface area (TPSA) is 56.8 Å². The number of carbonyl (C=O) groups is 1. The van der Waals surface area contributed by atoms with Crippen LogP contribution in [0.2, 0.25) is 5.02 Å². The molecule has 28 heavy (non-hydrogen) atoms. The molecule has 1 N–H and O–H groups in total. The largest absolute Gasteiger partial charge is 0.495 e. The molecule has 0 unspecified atom stereocenters. The molecule has 0 amide bonds. The van der Waals surface area contributed by atoms with E-state index in [2.05, 4.69) is 5.32 Å². The van der Waals surface area contributed by atoms with E-state index in [0.717, 1.165) is 0 Å². The maximum absolute atomic E-state index is 14.0. The van der Waals surface area contributed by atoms with E-state index in [1.165, 1.54) is 19.2 Å². The Balaban J connectivity index is 2.08. The van der Waals surface area contributed by atoms with Crippen molar-refractivity contribution >= 4 is 40.5 Å². The fourth-order valence-corrected chi connectivity index (χ4v) is 3.57. The highest BCUT2D eigenvalue weighted by atomic mass is 35.5. The zero-order chi connectivity index (χ0) is 20.3. The quantitative estimate of drug-likeness (QED) is 0.557. The van der Waals surface area contributed by atoms with Crippen molar-refractivity contribution in [2.75, 3.05) is 19.0 Å². The second kappa shape index (κ2) is 8.86. The number of fused-ring (bicyclic) bond motifs is 1. The SMILES string of the molecule is CCOC(=O)C[C@H]1O[C@H](c2cccc(OC)c2Cl)c2cc(F)ccc2NC1=S. The molecule has 1 aliphatic heterocycles. The lowest BCUT2D eigenvalue weighted by Crippen LogP contribution is -2.31. The Morgan fingerprint density at radius 1 is 1.32 bits per heavy atom. The zero-order valence-corrected chi connectivity index (χ0v) is 16.9. The molecule has 8 heteroatoms. The van der Waals surface area contributed by atoms with Gasteiger partial charge < -0.3 is 19.5 Å². The maximum Gasteiger partial charge on any atom is 0.308 e. The number of esters is 1. The van der Waals surface area contributed by atoms with Gasteiger partial charge in [-0.15, -0.1) is 0 Å². The molecular weight excluding hydrogens is 405 g/mol. The molecule has 2 aromatic rings. The van der Waals surface area contributed by atoms with E-state index in [4.69, 9.17) is 38.0 Å². The monoisotopic (exact) mass is 423 g/mol. The molecule has 5 nitrogen and oxygen atoms in total. The van der Waals surface area contributed by atoms with Crippen LogP contribution >= 0.6 is 23.8 Å². The van der Waals surface area contributed by atoms with Gasteiger partial charge in [0, 0.05) is 16.8 Å². The lowest BCUT2D eigenvalue weighted by Gasteiger charge is -2.23. The number of anilines is 1. The van der Waals surface area contributed by atoms with E-state index in [1.807, 2.05) is 0 Å². The first kappa shape index (κ1) is 20.5. The van der Waals surface area contributed by atoms with Crippen molar-refractivity contribution in [1.82, 2.24) is 0 Å². The first-order chi connectivity index (χ1) is 13.4. The molecule has 148 valence electrons. The number of ether oxygens (including phenoxy) is 3. The van der Waals surface area contributed by atoms with Crippen LogP contribution in [-0.2, 0) is 14.3 Å². The summed E-state index contributed by atoms with van der Waals surface area (Å²) < 4.78 is 30.5. The van der Waals surface area contributed by atoms with Crippen LogP contribution in [0.4, 0.5) is 10.1 Å². The highest BCUT2D eigenvalue weighted by molar-refractivity contribution is 7.80. The molecule has 0 saturated carbocycles. The van der Waals surface area contributed by atoms with Gasteiger partial charge in [-0.2, -0.15) is 0 Å². The maximum atomic E-state index is 14.0. The van der Waals surface area contributed by atoms with Crippen LogP contribution in [0.1, 0.15) is 30.6 Å². The standard InChI is InChI=1S/C20H19ClFNO4S/c1-3-26-17(24)10-16-20(28)23-14-8-7-11(22)9-13(14)19(27-16)12-5-4-6-15(25-2)18(12)21/h4-9,16,19H,3,10H2,1-2H3,(H,23,28)/t16-,19-/m1/s1. The van der Waals surface area contributed by atoms with E-state index >= 15 is 0 Å². The minimum absolute atomic E-state index is 0.0752. The van der Waals surface area contributed by atoms with Gasteiger partial charge in [0.25, 0.3) is 0 Å². The summed E-state index contributed by atoms with van der Waals surface area (Å²) in [6, 6.07) is 9.50. The third-order valence-electron chi connectivity index (χ3n) is 4.30. The Kier molecular flexibility index (Phi) is 6.49. The van der Waals surface area contributed by atoms with Crippen LogP contribution in [0.3, 0.4) is 0 Å². The average molecular weight is 424 g/mol. The Morgan fingerprint density at radius 3 is 2.82 bits per heavy atom. The highest BCUT2D eigenvalue weighted by Gasteiger charge is 2.33. The molecular formula is C20H19ClFNO4S. The first-order valence-electron chi connectivity index (χ1n) is 8.68. The molecule has 0 spiro atoms. The lowest BCUT2D eigenvalue weighted by atomic mass is 9.99. The van der Waals surface area contributed by atoms with E-state index in [1.54, 1.807) is 31.2 Å². The van der Waals surface area contributed by atoms with Crippen LogP contribution in [0.15, 0.2) is 36.4 Å². The van der Waals surface area contributed by atoms with Gasteiger partial charge in [0.1, 0.15) is 28.8 Å². The van der Waals surface area contributed by atoms with Crippen molar-refractivity contribution in [2.45, 2.75) is 25.6 Å². The molecule has 3 rings (SSSR count). The Bertz CT molecular complexity index is 908. The summed E-state index contributed by atoms with van der Waals surface area (Å²) in [6.07, 6.45) is -1.61. The number of thiocarbonyl (C=S) groups is 1. The summed E-state index contributed by atoms with van der Waals surface area (Å²) in [5.41, 5.74) is 1.68. The second-order valence-corrected chi connectivity index (χ2v) is 6.92. The van der Waals surface area contributed by atoms with Crippen LogP contribution in [-0.4, -0.2) is 30.8 Å². The number of rotatable bonds is 5. The third kappa shape index (κ3) is 4.27. The van der Waals surface area contributed by atoms with Crippen LogP contribution in [0.25, 0.3) is 0 Å². The summed E-state index contributed by atoms with van der Waals surface area (Å²) in [5.74, 6) is -0.408. The van der Waals surface area contributed by atoms with Gasteiger partial charge in [0.2, 0.25) is 0 Å². The second-order valence-electron chi connectivity index (χ2n) is 6.10. The molecule has 0 saturated heterocycles. The predicted molar refractivity (Wildman–Crippen MR) is 109 cm³/mol. The van der Waals surface area contributed by atoms with E-state index in [-0.39, 0.29) is 13.0 Å². The molecule has 2 aromatic carbocycles. The minimum Gasteiger partial charge on any atom is -0.495 e. The number of hydrogen-bond donors (Lipinski definition) is 1. The van der Waals surface area contributed by atoms with Gasteiger partial charge in [0.05, 0.1) is 25.2 Å². The van der Waals surface area contributed by atoms with Crippen molar-refractivity contribution in [2.24, 2.45) is 0 Å². The van der Waals surface area contributed by atoms with Gasteiger partial charge in [-0.3, -0.25) is 4.79 Å². The zero-order valence-electron chi connectivity index (χ0n) is 15.3. The number of halogens is 2. The van der Waals surface area contributed by atoms with Crippen molar-refractivity contribution < 1.29 is 23.4 Å². The van der Waals surface area contributed by atoms with E-state index in [0.29, 0.717) is 32.6 Å². The van der Waals surface area contributed by atoms with Crippen molar-refractivity contribution in [1.29, 1.82) is 0 Å². The average Bonchev–Trinajstić information content (AvgIpc) is 2.79. The van der Waals surface area contributed by atoms with Gasteiger partial charge in [-0.05, 0) is 31.2 Å². The summed E-state index contributed by atoms with van der Waals surface area (Å²) in [5, 5.41) is 3.39. The number of methoxy groups -OCH3 is 1. The van der Waals surface area contributed by atoms with Crippen LogP contribution in [0, 0.1) is 5.82 Å². The summed E-state index contributed by atoms with van der Waals surface area (Å²) in [6.45, 7) is 1.97. The molecule has 0 bridgehead atoms. The number of carbonyl (C=O) groups excluding carboxylic acids is 1. The fraction of sp³-hybridized carbons (Fsp3) is 0.300. The Labute approximate surface area is 172 Å². The minimum atomic E-state index is -0.767. The van der Waals surface area contributed by atoms with Gasteiger partial charge in [0.15, 0.2) is 0 Å². The number of nitrogens with one attached hydrogen (secondary N) is 1. The van der Waals surface area contributed by atoms with Crippen LogP contribution < -0.4 is 10.1 Å². The molecule has 2 atom stereocenters. The fourth-order valence-electron chi connectivity index (χ4n) is 3.02. The smallest absolute Gasteiger partial charge is 0.308 e. The molecule has 0 aromatic heterocycles. The van der Waals surface area contributed by atoms with Crippen molar-refractivity contribution in [3.8, 4) is 5.75 Å². The van der Waals surface area contributed by atoms with Crippen molar-refractivity contribution in [3.05, 3.63) is 58.4 Å². The molecule has 1 heterocycles. The number of benzene rings is 2. The Morgan fingerprint density at radius 2 is 2.11 bits per heavy atom. The third-order valence-corrected chi connectivity index (χ3v) is 5.07. The van der Waals surface area contributed by atoms with E-state index in [9.17, 15) is 9.18 Å². The molecule has 0 fully saturated rings. The first-order valence-corrected chi connectivity index (χ1v) is 9.47. The van der Waals surface area contributed by atoms with E-state index < -0.39 is 24.0 Å². The lowest BCUT2D eigenvalue weighted by molar-refractivity contribution is -0.145. The summed E-state index contributed by atoms with van der Waals surface area (Å²) in [7, 11) is 1.51. The molecule has 1 aliphatic rings. The summed E-state index contributed by atoms with van der Waals surface area (Å²) >= 11 is 11.9. The Hall–Kier alpha value is -2.22. The van der Waals surface area contributed by atoms with Gasteiger partial charge in [-0.25, -0.2) is 4.39 Å². The number of hydrogen-bond acceptors (Lipinski definition) is 5. The van der Waals surface area contributed by atoms with Crippen molar-refractivity contribution in [3.63, 3.8) is 0 Å². The van der Waals surface area contributed by atoms with Gasteiger partial charge >= 0.3 is 5.97 Å². The normalized spacial score (nSPS) is 18.6. The highest BCUT2D eigenvalue weighted by Crippen LogP contribution is 2.41. The van der Waals surface area contributed by atoms with Crippen LogP contribution in [0.5, 0.6) is 5.75 Å². The molecule has 0 radical (unpaired) electrons. The predicted octanol–water partition coefficient (Wildman–Crippen LogP) is 4.67. The molecule has 0 aliphatic carbocycles. The summed E-state index contributed by atoms with van der Waals surface area (Å²) in [4.78, 5) is 12.3.